The third-order valence-electron chi connectivity index (χ3n) is 5.28. The van der Waals surface area contributed by atoms with Crippen molar-refractivity contribution in [3.8, 4) is 0 Å². The van der Waals surface area contributed by atoms with Crippen LogP contribution in [0.2, 0.25) is 10.0 Å². The second-order valence-corrected chi connectivity index (χ2v) is 8.74. The molecule has 8 heteroatoms. The minimum absolute atomic E-state index is 0.248. The highest BCUT2D eigenvalue weighted by Crippen LogP contribution is 2.29. The van der Waals surface area contributed by atoms with Gasteiger partial charge in [-0.2, -0.15) is 0 Å². The van der Waals surface area contributed by atoms with Gasteiger partial charge in [0.25, 0.3) is 0 Å². The van der Waals surface area contributed by atoms with Crippen LogP contribution in [0.25, 0.3) is 0 Å². The van der Waals surface area contributed by atoms with E-state index in [-0.39, 0.29) is 6.61 Å². The van der Waals surface area contributed by atoms with E-state index in [1.807, 2.05) is 62.4 Å². The van der Waals surface area contributed by atoms with E-state index in [1.54, 1.807) is 0 Å². The van der Waals surface area contributed by atoms with Crippen LogP contribution in [-0.4, -0.2) is 55.6 Å². The molecule has 1 N–H and O–H groups in total. The van der Waals surface area contributed by atoms with Crippen LogP contribution in [-0.2, 0) is 36.9 Å². The zero-order chi connectivity index (χ0) is 23.6. The average Bonchev–Trinajstić information content (AvgIpc) is 3.12. The Balaban J connectivity index is 1.71. The van der Waals surface area contributed by atoms with Crippen LogP contribution in [0.15, 0.2) is 48.5 Å². The van der Waals surface area contributed by atoms with E-state index in [2.05, 4.69) is 0 Å². The summed E-state index contributed by atoms with van der Waals surface area (Å²) >= 11 is 12.0. The second kappa shape index (κ2) is 13.6. The number of hydrogen-bond donors (Lipinski definition) is 1. The Morgan fingerprint density at radius 1 is 0.909 bits per heavy atom. The van der Waals surface area contributed by atoms with Crippen LogP contribution in [0.3, 0.4) is 0 Å². The third kappa shape index (κ3) is 7.91. The summed E-state index contributed by atoms with van der Waals surface area (Å²) in [7, 11) is 0. The largest absolute Gasteiger partial charge is 0.385 e. The number of benzene rings is 2. The molecular weight excluding hydrogens is 467 g/mol. The minimum Gasteiger partial charge on any atom is -0.385 e. The van der Waals surface area contributed by atoms with Crippen molar-refractivity contribution >= 4 is 23.2 Å². The summed E-state index contributed by atoms with van der Waals surface area (Å²) in [5.74, 6) is 0. The molecule has 182 valence electrons. The van der Waals surface area contributed by atoms with Crippen molar-refractivity contribution in [3.63, 3.8) is 0 Å². The van der Waals surface area contributed by atoms with E-state index in [0.29, 0.717) is 36.5 Å². The average molecular weight is 499 g/mol. The van der Waals surface area contributed by atoms with Gasteiger partial charge in [0.2, 0.25) is 0 Å². The summed E-state index contributed by atoms with van der Waals surface area (Å²) < 4.78 is 29.8. The Kier molecular flexibility index (Phi) is 10.9. The minimum atomic E-state index is -0.917. The van der Waals surface area contributed by atoms with Crippen LogP contribution >= 0.6 is 23.2 Å². The lowest BCUT2D eigenvalue weighted by Gasteiger charge is -2.28. The lowest BCUT2D eigenvalue weighted by Crippen LogP contribution is -2.44. The normalized spacial score (nSPS) is 23.7. The number of halogens is 2. The second-order valence-electron chi connectivity index (χ2n) is 7.87. The van der Waals surface area contributed by atoms with Crippen LogP contribution in [0.4, 0.5) is 0 Å². The van der Waals surface area contributed by atoms with Crippen LogP contribution in [0.1, 0.15) is 31.4 Å². The van der Waals surface area contributed by atoms with E-state index in [9.17, 15) is 5.11 Å². The molecule has 1 saturated heterocycles. The number of ether oxygens (including phenoxy) is 5. The molecule has 0 aliphatic carbocycles. The van der Waals surface area contributed by atoms with E-state index >= 15 is 0 Å². The van der Waals surface area contributed by atoms with Crippen LogP contribution in [0, 0.1) is 0 Å². The van der Waals surface area contributed by atoms with Crippen molar-refractivity contribution in [2.24, 2.45) is 0 Å². The first-order chi connectivity index (χ1) is 16.0. The number of hydrogen-bond acceptors (Lipinski definition) is 6. The van der Waals surface area contributed by atoms with Crippen molar-refractivity contribution in [3.05, 3.63) is 69.7 Å². The van der Waals surface area contributed by atoms with Gasteiger partial charge in [-0.1, -0.05) is 54.4 Å². The fourth-order valence-electron chi connectivity index (χ4n) is 3.61. The smallest absolute Gasteiger partial charge is 0.186 e. The number of rotatable bonds is 13. The van der Waals surface area contributed by atoms with Gasteiger partial charge in [0, 0.05) is 23.3 Å². The predicted octanol–water partition coefficient (Wildman–Crippen LogP) is 5.01. The Hall–Kier alpha value is -1.22. The standard InChI is InChI=1S/C25H32Cl2O6/c1-3-13-31-24-22(28)25(30-4-2)33-23(24)21(32-15-18-7-11-20(27)12-8-18)16-29-14-17-5-9-19(26)10-6-17/h5-12,21-25,28H,3-4,13-16H2,1-2H3/t21?,22-,23-,24-,25-/m0/s1. The molecule has 1 aliphatic rings. The van der Waals surface area contributed by atoms with Crippen molar-refractivity contribution in [2.75, 3.05) is 19.8 Å². The molecule has 1 fully saturated rings. The molecule has 6 nitrogen and oxygen atoms in total. The Labute approximate surface area is 205 Å². The Bertz CT molecular complexity index is 817. The molecule has 0 aromatic heterocycles. The predicted molar refractivity (Wildman–Crippen MR) is 127 cm³/mol. The summed E-state index contributed by atoms with van der Waals surface area (Å²) in [6, 6.07) is 14.9. The molecule has 1 unspecified atom stereocenters. The zero-order valence-corrected chi connectivity index (χ0v) is 20.5. The summed E-state index contributed by atoms with van der Waals surface area (Å²) in [6.45, 7) is 5.76. The molecule has 3 rings (SSSR count). The van der Waals surface area contributed by atoms with Gasteiger partial charge in [-0.15, -0.1) is 0 Å². The Morgan fingerprint density at radius 3 is 2.09 bits per heavy atom. The first kappa shape index (κ1) is 26.4. The first-order valence-corrected chi connectivity index (χ1v) is 12.0. The molecule has 33 heavy (non-hydrogen) atoms. The SMILES string of the molecule is CCCO[C@H]1[C@H](O)[C@@H](OCC)O[C@H]1C(COCc1ccc(Cl)cc1)OCc1ccc(Cl)cc1. The van der Waals surface area contributed by atoms with Gasteiger partial charge < -0.3 is 28.8 Å². The van der Waals surface area contributed by atoms with Crippen molar-refractivity contribution in [1.82, 2.24) is 0 Å². The molecule has 2 aromatic carbocycles. The van der Waals surface area contributed by atoms with Crippen LogP contribution in [0.5, 0.6) is 0 Å². The maximum Gasteiger partial charge on any atom is 0.186 e. The van der Waals surface area contributed by atoms with Gasteiger partial charge in [0.05, 0.1) is 19.8 Å². The van der Waals surface area contributed by atoms with Crippen molar-refractivity contribution < 1.29 is 28.8 Å². The molecule has 2 aromatic rings. The highest BCUT2D eigenvalue weighted by molar-refractivity contribution is 6.30. The van der Waals surface area contributed by atoms with Gasteiger partial charge in [0.15, 0.2) is 6.29 Å². The molecule has 0 saturated carbocycles. The van der Waals surface area contributed by atoms with Crippen LogP contribution < -0.4 is 0 Å². The Morgan fingerprint density at radius 2 is 1.52 bits per heavy atom. The monoisotopic (exact) mass is 498 g/mol. The number of aliphatic hydroxyl groups excluding tert-OH is 1. The van der Waals surface area contributed by atoms with E-state index in [0.717, 1.165) is 17.5 Å². The van der Waals surface area contributed by atoms with Gasteiger partial charge in [0.1, 0.15) is 24.4 Å². The molecule has 1 aliphatic heterocycles. The zero-order valence-electron chi connectivity index (χ0n) is 19.0. The van der Waals surface area contributed by atoms with Crippen molar-refractivity contribution in [2.45, 2.75) is 64.2 Å². The molecule has 5 atom stereocenters. The van der Waals surface area contributed by atoms with Crippen molar-refractivity contribution in [1.29, 1.82) is 0 Å². The highest BCUT2D eigenvalue weighted by atomic mass is 35.5. The van der Waals surface area contributed by atoms with E-state index < -0.39 is 30.7 Å². The molecule has 0 spiro atoms. The van der Waals surface area contributed by atoms with Gasteiger partial charge in [-0.05, 0) is 48.7 Å². The first-order valence-electron chi connectivity index (χ1n) is 11.3. The highest BCUT2D eigenvalue weighted by Gasteiger charge is 2.49. The molecule has 0 bridgehead atoms. The lowest BCUT2D eigenvalue weighted by molar-refractivity contribution is -0.189. The van der Waals surface area contributed by atoms with E-state index in [1.165, 1.54) is 0 Å². The van der Waals surface area contributed by atoms with E-state index in [4.69, 9.17) is 46.9 Å². The summed E-state index contributed by atoms with van der Waals surface area (Å²) in [6.07, 6.45) is -2.51. The lowest BCUT2D eigenvalue weighted by atomic mass is 10.1. The number of aliphatic hydroxyl groups is 1. The van der Waals surface area contributed by atoms with Gasteiger partial charge in [-0.3, -0.25) is 0 Å². The van der Waals surface area contributed by atoms with Gasteiger partial charge in [-0.25, -0.2) is 0 Å². The summed E-state index contributed by atoms with van der Waals surface area (Å²) in [4.78, 5) is 0. The quantitative estimate of drug-likeness (QED) is 0.418. The maximum absolute atomic E-state index is 10.8. The molecule has 0 amide bonds. The molecular formula is C25H32Cl2O6. The fourth-order valence-corrected chi connectivity index (χ4v) is 3.86. The van der Waals surface area contributed by atoms with Gasteiger partial charge >= 0.3 is 0 Å². The summed E-state index contributed by atoms with van der Waals surface area (Å²) in [5, 5.41) is 12.1. The third-order valence-corrected chi connectivity index (χ3v) is 5.79. The molecule has 1 heterocycles. The summed E-state index contributed by atoms with van der Waals surface area (Å²) in [5.41, 5.74) is 1.96. The topological polar surface area (TPSA) is 66.4 Å². The molecule has 0 radical (unpaired) electrons. The fraction of sp³-hybridized carbons (Fsp3) is 0.520. The maximum atomic E-state index is 10.8.